The van der Waals surface area contributed by atoms with Gasteiger partial charge in [-0.1, -0.05) is 0 Å². The normalized spacial score (nSPS) is 30.1. The van der Waals surface area contributed by atoms with E-state index in [1.54, 1.807) is 0 Å². The maximum absolute atomic E-state index is 5.68. The summed E-state index contributed by atoms with van der Waals surface area (Å²) in [4.78, 5) is 3.94. The number of pyridine rings is 1. The zero-order valence-corrected chi connectivity index (χ0v) is 5.70. The van der Waals surface area contributed by atoms with Gasteiger partial charge in [-0.15, -0.1) is 0 Å². The number of nitrogens with two attached hydrogens (primary N) is 1. The average molecular weight is 134 g/mol. The topological polar surface area (TPSA) is 38.9 Å². The highest BCUT2D eigenvalue weighted by Gasteiger charge is 2.34. The van der Waals surface area contributed by atoms with Gasteiger partial charge < -0.3 is 5.73 Å². The van der Waals surface area contributed by atoms with E-state index in [1.807, 2.05) is 24.5 Å². The maximum atomic E-state index is 5.68. The van der Waals surface area contributed by atoms with Gasteiger partial charge in [0.05, 0.1) is 0 Å². The minimum atomic E-state index is 0.405. The van der Waals surface area contributed by atoms with Gasteiger partial charge >= 0.3 is 0 Å². The van der Waals surface area contributed by atoms with Crippen LogP contribution >= 0.6 is 0 Å². The van der Waals surface area contributed by atoms with E-state index in [0.29, 0.717) is 12.0 Å². The first kappa shape index (κ1) is 5.86. The molecule has 2 nitrogen and oxygen atoms in total. The molecule has 10 heavy (non-hydrogen) atoms. The SMILES string of the molecule is N[C@@H]1CC1c1ccncc1. The molecule has 1 aliphatic rings. The van der Waals surface area contributed by atoms with Gasteiger partial charge in [0.15, 0.2) is 0 Å². The van der Waals surface area contributed by atoms with E-state index in [1.165, 1.54) is 5.56 Å². The summed E-state index contributed by atoms with van der Waals surface area (Å²) in [5, 5.41) is 0. The largest absolute Gasteiger partial charge is 0.327 e. The lowest BCUT2D eigenvalue weighted by atomic mass is 10.2. The summed E-state index contributed by atoms with van der Waals surface area (Å²) in [5.41, 5.74) is 7.01. The lowest BCUT2D eigenvalue weighted by molar-refractivity contribution is 0.986. The summed E-state index contributed by atoms with van der Waals surface area (Å²) in [5.74, 6) is 0.614. The van der Waals surface area contributed by atoms with Crippen LogP contribution in [0.2, 0.25) is 0 Å². The van der Waals surface area contributed by atoms with Crippen LogP contribution in [0.15, 0.2) is 24.5 Å². The number of hydrogen-bond acceptors (Lipinski definition) is 2. The van der Waals surface area contributed by atoms with E-state index in [4.69, 9.17) is 5.73 Å². The van der Waals surface area contributed by atoms with Gasteiger partial charge in [-0.25, -0.2) is 0 Å². The third-order valence-electron chi connectivity index (χ3n) is 1.97. The molecule has 2 atom stereocenters. The number of rotatable bonds is 1. The van der Waals surface area contributed by atoms with Crippen molar-refractivity contribution in [3.05, 3.63) is 30.1 Å². The molecule has 1 aliphatic carbocycles. The molecule has 2 heteroatoms. The molecule has 0 saturated heterocycles. The fourth-order valence-electron chi connectivity index (χ4n) is 1.21. The van der Waals surface area contributed by atoms with Crippen LogP contribution < -0.4 is 5.73 Å². The molecule has 1 fully saturated rings. The molecule has 0 radical (unpaired) electrons. The Kier molecular flexibility index (Phi) is 1.21. The van der Waals surface area contributed by atoms with E-state index in [2.05, 4.69) is 4.98 Å². The van der Waals surface area contributed by atoms with Crippen LogP contribution in [0.4, 0.5) is 0 Å². The van der Waals surface area contributed by atoms with Gasteiger partial charge in [-0.05, 0) is 24.1 Å². The second-order valence-corrected chi connectivity index (χ2v) is 2.79. The van der Waals surface area contributed by atoms with Crippen molar-refractivity contribution in [2.75, 3.05) is 0 Å². The van der Waals surface area contributed by atoms with Crippen molar-refractivity contribution in [1.29, 1.82) is 0 Å². The van der Waals surface area contributed by atoms with Gasteiger partial charge in [0.2, 0.25) is 0 Å². The third kappa shape index (κ3) is 0.907. The van der Waals surface area contributed by atoms with Crippen LogP contribution in [-0.4, -0.2) is 11.0 Å². The molecule has 1 heterocycles. The fourth-order valence-corrected chi connectivity index (χ4v) is 1.21. The monoisotopic (exact) mass is 134 g/mol. The van der Waals surface area contributed by atoms with Crippen molar-refractivity contribution in [1.82, 2.24) is 4.98 Å². The van der Waals surface area contributed by atoms with Crippen molar-refractivity contribution >= 4 is 0 Å². The van der Waals surface area contributed by atoms with Crippen LogP contribution in [0.1, 0.15) is 17.9 Å². The van der Waals surface area contributed by atoms with Gasteiger partial charge in [0, 0.05) is 24.4 Å². The Balaban J connectivity index is 2.20. The maximum Gasteiger partial charge on any atom is 0.0270 e. The van der Waals surface area contributed by atoms with Gasteiger partial charge in [0.25, 0.3) is 0 Å². The molecule has 2 rings (SSSR count). The molecule has 1 aromatic heterocycles. The van der Waals surface area contributed by atoms with Crippen molar-refractivity contribution in [3.63, 3.8) is 0 Å². The lowest BCUT2D eigenvalue weighted by Crippen LogP contribution is -2.00. The highest BCUT2D eigenvalue weighted by atomic mass is 14.7. The van der Waals surface area contributed by atoms with Crippen LogP contribution in [-0.2, 0) is 0 Å². The highest BCUT2D eigenvalue weighted by molar-refractivity contribution is 5.24. The Morgan fingerprint density at radius 3 is 2.50 bits per heavy atom. The summed E-state index contributed by atoms with van der Waals surface area (Å²) < 4.78 is 0. The number of aromatic nitrogens is 1. The Morgan fingerprint density at radius 1 is 1.40 bits per heavy atom. The van der Waals surface area contributed by atoms with Gasteiger partial charge in [0.1, 0.15) is 0 Å². The van der Waals surface area contributed by atoms with E-state index < -0.39 is 0 Å². The quantitative estimate of drug-likeness (QED) is 0.619. The molecule has 0 aliphatic heterocycles. The van der Waals surface area contributed by atoms with Crippen molar-refractivity contribution in [3.8, 4) is 0 Å². The molecule has 2 N–H and O–H groups in total. The fraction of sp³-hybridized carbons (Fsp3) is 0.375. The molecule has 0 amide bonds. The molecule has 0 aromatic carbocycles. The molecular formula is C8H10N2. The average Bonchev–Trinajstić information content (AvgIpc) is 2.69. The Labute approximate surface area is 60.1 Å². The third-order valence-corrected chi connectivity index (χ3v) is 1.97. The molecule has 1 saturated carbocycles. The Morgan fingerprint density at radius 2 is 2.00 bits per heavy atom. The van der Waals surface area contributed by atoms with Crippen LogP contribution in [0.3, 0.4) is 0 Å². The molecule has 1 unspecified atom stereocenters. The Hall–Kier alpha value is -0.890. The molecule has 1 aromatic rings. The first-order chi connectivity index (χ1) is 4.88. The van der Waals surface area contributed by atoms with Crippen LogP contribution in [0.5, 0.6) is 0 Å². The molecule has 0 bridgehead atoms. The lowest BCUT2D eigenvalue weighted by Gasteiger charge is -1.93. The van der Waals surface area contributed by atoms with Crippen molar-refractivity contribution in [2.24, 2.45) is 5.73 Å². The molecule has 0 spiro atoms. The summed E-state index contributed by atoms with van der Waals surface area (Å²) in [6.07, 6.45) is 4.78. The predicted octanol–water partition coefficient (Wildman–Crippen LogP) is 0.896. The standard InChI is InChI=1S/C8H10N2/c9-8-5-7(8)6-1-3-10-4-2-6/h1-4,7-8H,5,9H2/t7?,8-/m1/s1. The van der Waals surface area contributed by atoms with Gasteiger partial charge in [-0.2, -0.15) is 0 Å². The number of hydrogen-bond donors (Lipinski definition) is 1. The van der Waals surface area contributed by atoms with Crippen LogP contribution in [0.25, 0.3) is 0 Å². The summed E-state index contributed by atoms with van der Waals surface area (Å²) in [7, 11) is 0. The molecular weight excluding hydrogens is 124 g/mol. The van der Waals surface area contributed by atoms with E-state index in [0.717, 1.165) is 6.42 Å². The van der Waals surface area contributed by atoms with Crippen LogP contribution in [0, 0.1) is 0 Å². The van der Waals surface area contributed by atoms with Gasteiger partial charge in [-0.3, -0.25) is 4.98 Å². The summed E-state index contributed by atoms with van der Waals surface area (Å²) in [6.45, 7) is 0. The second kappa shape index (κ2) is 2.06. The van der Waals surface area contributed by atoms with E-state index >= 15 is 0 Å². The zero-order valence-electron chi connectivity index (χ0n) is 5.70. The van der Waals surface area contributed by atoms with E-state index in [-0.39, 0.29) is 0 Å². The van der Waals surface area contributed by atoms with E-state index in [9.17, 15) is 0 Å². The summed E-state index contributed by atoms with van der Waals surface area (Å²) in [6, 6.07) is 4.48. The first-order valence-electron chi connectivity index (χ1n) is 3.53. The minimum Gasteiger partial charge on any atom is -0.327 e. The van der Waals surface area contributed by atoms with Crippen molar-refractivity contribution < 1.29 is 0 Å². The minimum absolute atomic E-state index is 0.405. The zero-order chi connectivity index (χ0) is 6.97. The molecule has 52 valence electrons. The summed E-state index contributed by atoms with van der Waals surface area (Å²) >= 11 is 0. The Bertz CT molecular complexity index is 220. The highest BCUT2D eigenvalue weighted by Crippen LogP contribution is 2.38. The predicted molar refractivity (Wildman–Crippen MR) is 39.6 cm³/mol. The smallest absolute Gasteiger partial charge is 0.0270 e. The first-order valence-corrected chi connectivity index (χ1v) is 3.53. The number of nitrogens with zero attached hydrogens (tertiary/aromatic N) is 1. The van der Waals surface area contributed by atoms with Crippen molar-refractivity contribution in [2.45, 2.75) is 18.4 Å². The second-order valence-electron chi connectivity index (χ2n) is 2.79.